The van der Waals surface area contributed by atoms with Gasteiger partial charge in [0.25, 0.3) is 0 Å². The fourth-order valence-corrected chi connectivity index (χ4v) is 2.79. The zero-order valence-corrected chi connectivity index (χ0v) is 11.6. The molecule has 3 rings (SSSR count). The number of benzene rings is 1. The Bertz CT molecular complexity index is 655. The minimum Gasteiger partial charge on any atom is -0.294 e. The summed E-state index contributed by atoms with van der Waals surface area (Å²) >= 11 is 0. The van der Waals surface area contributed by atoms with Gasteiger partial charge in [0.05, 0.1) is 23.1 Å². The Morgan fingerprint density at radius 3 is 2.84 bits per heavy atom. The fraction of sp³-hybridized carbons (Fsp3) is 0.375. The highest BCUT2D eigenvalue weighted by Crippen LogP contribution is 2.28. The molecule has 1 heterocycles. The van der Waals surface area contributed by atoms with Gasteiger partial charge >= 0.3 is 0 Å². The number of nitrogens with zero attached hydrogens (tertiary/aromatic N) is 2. The lowest BCUT2D eigenvalue weighted by atomic mass is 9.88. The van der Waals surface area contributed by atoms with Gasteiger partial charge in [0.1, 0.15) is 0 Å². The molecule has 1 aromatic carbocycles. The highest BCUT2D eigenvalue weighted by molar-refractivity contribution is 5.98. The maximum Gasteiger partial charge on any atom is 0.166 e. The van der Waals surface area contributed by atoms with Crippen molar-refractivity contribution < 1.29 is 4.79 Å². The second-order valence-electron chi connectivity index (χ2n) is 5.64. The standard InChI is InChI=1S/C16H18N2O/c1-10-4-5-12(3)14(6-10)18-15-7-11(2)8-16(19)13(15)9-17-18/h4-6,9,11H,7-8H2,1-3H3/t11-/m0/s1. The van der Waals surface area contributed by atoms with Crippen molar-refractivity contribution >= 4 is 5.78 Å². The highest BCUT2D eigenvalue weighted by atomic mass is 16.1. The highest BCUT2D eigenvalue weighted by Gasteiger charge is 2.27. The number of carbonyl (C=O) groups is 1. The third-order valence-corrected chi connectivity index (χ3v) is 3.84. The second-order valence-corrected chi connectivity index (χ2v) is 5.64. The molecule has 0 N–H and O–H groups in total. The first-order valence-corrected chi connectivity index (χ1v) is 6.74. The van der Waals surface area contributed by atoms with Gasteiger partial charge in [-0.3, -0.25) is 4.79 Å². The van der Waals surface area contributed by atoms with Crippen LogP contribution in [0.3, 0.4) is 0 Å². The topological polar surface area (TPSA) is 34.9 Å². The number of Topliss-reactive ketones (excluding diaryl/α,β-unsaturated/α-hetero) is 1. The third-order valence-electron chi connectivity index (χ3n) is 3.84. The lowest BCUT2D eigenvalue weighted by Gasteiger charge is -2.19. The van der Waals surface area contributed by atoms with Gasteiger partial charge in [-0.1, -0.05) is 19.1 Å². The maximum absolute atomic E-state index is 12.0. The number of aryl methyl sites for hydroxylation is 2. The summed E-state index contributed by atoms with van der Waals surface area (Å²) in [4.78, 5) is 12.0. The summed E-state index contributed by atoms with van der Waals surface area (Å²) in [7, 11) is 0. The first-order valence-electron chi connectivity index (χ1n) is 6.74. The number of ketones is 1. The van der Waals surface area contributed by atoms with Crippen molar-refractivity contribution in [1.82, 2.24) is 9.78 Å². The van der Waals surface area contributed by atoms with Crippen molar-refractivity contribution in [1.29, 1.82) is 0 Å². The zero-order valence-electron chi connectivity index (χ0n) is 11.6. The minimum atomic E-state index is 0.227. The van der Waals surface area contributed by atoms with E-state index in [0.29, 0.717) is 12.3 Å². The fourth-order valence-electron chi connectivity index (χ4n) is 2.79. The van der Waals surface area contributed by atoms with E-state index in [9.17, 15) is 4.79 Å². The van der Waals surface area contributed by atoms with Crippen LogP contribution in [0.25, 0.3) is 5.69 Å². The Labute approximate surface area is 113 Å². The van der Waals surface area contributed by atoms with E-state index in [1.54, 1.807) is 6.20 Å². The Hall–Kier alpha value is -1.90. The van der Waals surface area contributed by atoms with E-state index in [4.69, 9.17) is 0 Å². The molecule has 0 aliphatic heterocycles. The molecule has 3 nitrogen and oxygen atoms in total. The van der Waals surface area contributed by atoms with Crippen LogP contribution in [0.15, 0.2) is 24.4 Å². The average Bonchev–Trinajstić information content (AvgIpc) is 2.76. The maximum atomic E-state index is 12.0. The summed E-state index contributed by atoms with van der Waals surface area (Å²) in [6.45, 7) is 6.28. The smallest absolute Gasteiger partial charge is 0.166 e. The first-order chi connectivity index (χ1) is 9.06. The predicted molar refractivity (Wildman–Crippen MR) is 74.9 cm³/mol. The Morgan fingerprint density at radius 1 is 1.26 bits per heavy atom. The van der Waals surface area contributed by atoms with Gasteiger partial charge in [-0.25, -0.2) is 4.68 Å². The summed E-state index contributed by atoms with van der Waals surface area (Å²) in [6, 6.07) is 6.34. The molecule has 0 saturated carbocycles. The first kappa shape index (κ1) is 12.2. The van der Waals surface area contributed by atoms with Crippen molar-refractivity contribution in [2.45, 2.75) is 33.6 Å². The number of hydrogen-bond acceptors (Lipinski definition) is 2. The largest absolute Gasteiger partial charge is 0.294 e. The van der Waals surface area contributed by atoms with E-state index in [0.717, 1.165) is 23.4 Å². The van der Waals surface area contributed by atoms with Gasteiger partial charge < -0.3 is 0 Å². The van der Waals surface area contributed by atoms with Gasteiger partial charge in [-0.15, -0.1) is 0 Å². The van der Waals surface area contributed by atoms with E-state index < -0.39 is 0 Å². The molecule has 0 saturated heterocycles. The number of carbonyl (C=O) groups excluding carboxylic acids is 1. The molecule has 0 fully saturated rings. The van der Waals surface area contributed by atoms with Gasteiger partial charge in [-0.2, -0.15) is 5.10 Å². The van der Waals surface area contributed by atoms with E-state index in [-0.39, 0.29) is 5.78 Å². The van der Waals surface area contributed by atoms with Crippen LogP contribution in [0, 0.1) is 19.8 Å². The Balaban J connectivity index is 2.17. The van der Waals surface area contributed by atoms with E-state index in [1.807, 2.05) is 4.68 Å². The minimum absolute atomic E-state index is 0.227. The van der Waals surface area contributed by atoms with Crippen molar-refractivity contribution in [2.75, 3.05) is 0 Å². The summed E-state index contributed by atoms with van der Waals surface area (Å²) in [5, 5.41) is 4.45. The lowest BCUT2D eigenvalue weighted by molar-refractivity contribution is 0.0952. The van der Waals surface area contributed by atoms with Gasteiger partial charge in [0, 0.05) is 6.42 Å². The monoisotopic (exact) mass is 254 g/mol. The second kappa shape index (κ2) is 4.34. The zero-order chi connectivity index (χ0) is 13.6. The van der Waals surface area contributed by atoms with Gasteiger partial charge in [0.2, 0.25) is 0 Å². The Kier molecular flexibility index (Phi) is 2.77. The molecular weight excluding hydrogens is 236 g/mol. The molecule has 1 aromatic heterocycles. The number of fused-ring (bicyclic) bond motifs is 1. The predicted octanol–water partition coefficient (Wildman–Crippen LogP) is 3.25. The molecule has 0 radical (unpaired) electrons. The lowest BCUT2D eigenvalue weighted by Crippen LogP contribution is -2.19. The summed E-state index contributed by atoms with van der Waals surface area (Å²) in [5.41, 5.74) is 5.35. The summed E-state index contributed by atoms with van der Waals surface area (Å²) < 4.78 is 1.95. The molecule has 1 atom stereocenters. The van der Waals surface area contributed by atoms with Crippen LogP contribution < -0.4 is 0 Å². The van der Waals surface area contributed by atoms with Crippen molar-refractivity contribution in [3.8, 4) is 5.69 Å². The van der Waals surface area contributed by atoms with Crippen LogP contribution >= 0.6 is 0 Å². The Morgan fingerprint density at radius 2 is 2.05 bits per heavy atom. The van der Waals surface area contributed by atoms with Crippen LogP contribution in [0.2, 0.25) is 0 Å². The van der Waals surface area contributed by atoms with Crippen LogP contribution in [0.5, 0.6) is 0 Å². The van der Waals surface area contributed by atoms with Gasteiger partial charge in [0.15, 0.2) is 5.78 Å². The van der Waals surface area contributed by atoms with E-state index >= 15 is 0 Å². The number of hydrogen-bond donors (Lipinski definition) is 0. The number of rotatable bonds is 1. The molecule has 0 spiro atoms. The molecule has 0 amide bonds. The molecule has 19 heavy (non-hydrogen) atoms. The normalized spacial score (nSPS) is 18.5. The molecule has 1 aliphatic rings. The third kappa shape index (κ3) is 1.99. The van der Waals surface area contributed by atoms with Crippen LogP contribution in [-0.4, -0.2) is 15.6 Å². The molecule has 98 valence electrons. The van der Waals surface area contributed by atoms with Crippen molar-refractivity contribution in [3.05, 3.63) is 46.8 Å². The SMILES string of the molecule is Cc1ccc(C)c(-n2ncc3c2C[C@H](C)CC3=O)c1. The molecule has 0 unspecified atom stereocenters. The van der Waals surface area contributed by atoms with Crippen LogP contribution in [-0.2, 0) is 6.42 Å². The van der Waals surface area contributed by atoms with Crippen LogP contribution in [0.1, 0.15) is 40.5 Å². The van der Waals surface area contributed by atoms with Crippen molar-refractivity contribution in [2.24, 2.45) is 5.92 Å². The van der Waals surface area contributed by atoms with Gasteiger partial charge in [-0.05, 0) is 43.4 Å². The summed E-state index contributed by atoms with van der Waals surface area (Å²) in [6.07, 6.45) is 3.30. The molecule has 3 heteroatoms. The summed E-state index contributed by atoms with van der Waals surface area (Å²) in [5.74, 6) is 0.630. The average molecular weight is 254 g/mol. The van der Waals surface area contributed by atoms with E-state index in [2.05, 4.69) is 44.1 Å². The van der Waals surface area contributed by atoms with Crippen molar-refractivity contribution in [3.63, 3.8) is 0 Å². The molecule has 0 bridgehead atoms. The quantitative estimate of drug-likeness (QED) is 0.783. The molecule has 1 aliphatic carbocycles. The van der Waals surface area contributed by atoms with Crippen LogP contribution in [0.4, 0.5) is 0 Å². The molecule has 2 aromatic rings. The number of aromatic nitrogens is 2. The molecular formula is C16H18N2O. The van der Waals surface area contributed by atoms with E-state index in [1.165, 1.54) is 11.1 Å².